The molecular weight excluding hydrogens is 190 g/mol. The molecule has 0 radical (unpaired) electrons. The second-order valence-electron chi connectivity index (χ2n) is 2.18. The Hall–Kier alpha value is -0.981. The van der Waals surface area contributed by atoms with E-state index in [0.29, 0.717) is 0 Å². The summed E-state index contributed by atoms with van der Waals surface area (Å²) in [4.78, 5) is 0. The molecule has 2 aromatic rings. The number of nitrogen functional groups attached to an aromatic ring is 1. The van der Waals surface area contributed by atoms with Gasteiger partial charge in [0.05, 0.1) is 0 Å². The number of nitrogens with two attached hydrogens (primary N) is 1. The summed E-state index contributed by atoms with van der Waals surface area (Å²) in [6.07, 6.45) is 0. The number of hydrogen-bond donors (Lipinski definition) is 1. The molecule has 0 aliphatic heterocycles. The Morgan fingerprint density at radius 2 is 1.17 bits per heavy atom. The zero-order chi connectivity index (χ0) is 7.94. The third kappa shape index (κ3) is 4.78. The van der Waals surface area contributed by atoms with Crippen molar-refractivity contribution in [2.75, 3.05) is 5.73 Å². The maximum atomic E-state index is 5.28. The average molecular weight is 201 g/mol. The topological polar surface area (TPSA) is 26.0 Å². The Balaban J connectivity index is 0.000000189. The van der Waals surface area contributed by atoms with Gasteiger partial charge in [-0.3, -0.25) is 0 Å². The Kier molecular flexibility index (Phi) is 6.16. The van der Waals surface area contributed by atoms with Gasteiger partial charge in [-0.15, -0.1) is 0 Å². The molecule has 0 aliphatic rings. The van der Waals surface area contributed by atoms with Gasteiger partial charge in [-0.05, 0) is 0 Å². The van der Waals surface area contributed by atoms with Crippen molar-refractivity contribution in [3.8, 4) is 0 Å². The van der Waals surface area contributed by atoms with Crippen molar-refractivity contribution in [3.63, 3.8) is 0 Å². The van der Waals surface area contributed by atoms with Crippen LogP contribution in [0.15, 0.2) is 54.6 Å². The molecule has 2 N–H and O–H groups in total. The van der Waals surface area contributed by atoms with E-state index in [1.165, 1.54) is 0 Å². The molecule has 0 unspecified atom stereocenters. The first-order valence-corrected chi connectivity index (χ1v) is 3.53. The summed E-state index contributed by atoms with van der Waals surface area (Å²) < 4.78 is 0. The first kappa shape index (κ1) is 11.0. The van der Waals surface area contributed by atoms with Crippen LogP contribution in [0, 0.1) is 0 Å². The minimum atomic E-state index is 0. The molecular formula is C10H11FeN-6. The second-order valence-corrected chi connectivity index (χ2v) is 2.18. The third-order valence-corrected chi connectivity index (χ3v) is 1.24. The van der Waals surface area contributed by atoms with Crippen LogP contribution < -0.4 is 5.73 Å². The maximum absolute atomic E-state index is 5.28. The summed E-state index contributed by atoms with van der Waals surface area (Å²) in [5.41, 5.74) is 6.12. The molecule has 0 atom stereocenters. The normalized spacial score (nSPS) is 7.67. The molecule has 0 fully saturated rings. The van der Waals surface area contributed by atoms with Crippen LogP contribution in [0.4, 0.5) is 5.69 Å². The quantitative estimate of drug-likeness (QED) is 0.514. The van der Waals surface area contributed by atoms with Crippen LogP contribution in [0.25, 0.3) is 0 Å². The SMILES string of the molecule is N[c-]1cccc1.[Fe].[cH-]1[cH-][cH-][cH-][cH-]1. The minimum absolute atomic E-state index is 0. The molecule has 2 heteroatoms. The summed E-state index contributed by atoms with van der Waals surface area (Å²) in [7, 11) is 0. The number of anilines is 1. The van der Waals surface area contributed by atoms with Crippen LogP contribution in [0.3, 0.4) is 0 Å². The molecule has 0 bridgehead atoms. The van der Waals surface area contributed by atoms with Crippen molar-refractivity contribution in [2.45, 2.75) is 0 Å². The summed E-state index contributed by atoms with van der Waals surface area (Å²) >= 11 is 0. The van der Waals surface area contributed by atoms with Crippen LogP contribution in [0.5, 0.6) is 0 Å². The molecule has 1 nitrogen and oxygen atoms in total. The summed E-state index contributed by atoms with van der Waals surface area (Å²) in [5.74, 6) is 0. The minimum Gasteiger partial charge on any atom is -0.748 e. The van der Waals surface area contributed by atoms with Crippen LogP contribution in [0.1, 0.15) is 0 Å². The Labute approximate surface area is 83.4 Å². The zero-order valence-corrected chi connectivity index (χ0v) is 7.73. The molecule has 70 valence electrons. The summed E-state index contributed by atoms with van der Waals surface area (Å²) in [5, 5.41) is 0. The fraction of sp³-hybridized carbons (Fsp3) is 0. The Morgan fingerprint density at radius 3 is 1.33 bits per heavy atom. The van der Waals surface area contributed by atoms with Crippen molar-refractivity contribution in [1.82, 2.24) is 0 Å². The van der Waals surface area contributed by atoms with E-state index in [-0.39, 0.29) is 17.1 Å². The molecule has 0 aliphatic carbocycles. The molecule has 0 amide bonds. The molecule has 0 heterocycles. The standard InChI is InChI=1S/C5H6N.C5H5.Fe/c6-5-3-1-2-4-5;1-2-4-5-3-1;/h1-4H,6H2;1-5H;/q-1;-5;. The van der Waals surface area contributed by atoms with Crippen molar-refractivity contribution in [2.24, 2.45) is 0 Å². The fourth-order valence-electron chi connectivity index (χ4n) is 0.710. The van der Waals surface area contributed by atoms with Gasteiger partial charge in [0, 0.05) is 17.1 Å². The fourth-order valence-corrected chi connectivity index (χ4v) is 0.710. The zero-order valence-electron chi connectivity index (χ0n) is 6.63. The first-order valence-electron chi connectivity index (χ1n) is 3.53. The van der Waals surface area contributed by atoms with E-state index in [9.17, 15) is 0 Å². The summed E-state index contributed by atoms with van der Waals surface area (Å²) in [6.45, 7) is 0. The van der Waals surface area contributed by atoms with Crippen molar-refractivity contribution in [3.05, 3.63) is 54.6 Å². The third-order valence-electron chi connectivity index (χ3n) is 1.24. The van der Waals surface area contributed by atoms with Crippen LogP contribution in [-0.2, 0) is 17.1 Å². The van der Waals surface area contributed by atoms with E-state index in [2.05, 4.69) is 0 Å². The van der Waals surface area contributed by atoms with Gasteiger partial charge in [0.1, 0.15) is 0 Å². The molecule has 0 aromatic heterocycles. The number of rotatable bonds is 0. The van der Waals surface area contributed by atoms with E-state index in [4.69, 9.17) is 5.73 Å². The van der Waals surface area contributed by atoms with Crippen LogP contribution >= 0.6 is 0 Å². The average Bonchev–Trinajstić information content (AvgIpc) is 2.57. The monoisotopic (exact) mass is 201 g/mol. The molecule has 0 spiro atoms. The van der Waals surface area contributed by atoms with Crippen LogP contribution in [0.2, 0.25) is 0 Å². The van der Waals surface area contributed by atoms with E-state index < -0.39 is 0 Å². The Morgan fingerprint density at radius 1 is 0.833 bits per heavy atom. The van der Waals surface area contributed by atoms with Gasteiger partial charge in [0.2, 0.25) is 0 Å². The Bertz CT molecular complexity index is 228. The molecule has 0 saturated carbocycles. The van der Waals surface area contributed by atoms with Gasteiger partial charge in [0.25, 0.3) is 0 Å². The van der Waals surface area contributed by atoms with E-state index >= 15 is 0 Å². The largest absolute Gasteiger partial charge is 0.748 e. The van der Waals surface area contributed by atoms with Crippen molar-refractivity contribution < 1.29 is 17.1 Å². The van der Waals surface area contributed by atoms with E-state index in [1.54, 1.807) is 0 Å². The van der Waals surface area contributed by atoms with Crippen molar-refractivity contribution in [1.29, 1.82) is 0 Å². The van der Waals surface area contributed by atoms with E-state index in [0.717, 1.165) is 5.69 Å². The number of hydrogen-bond acceptors (Lipinski definition) is 1. The van der Waals surface area contributed by atoms with Gasteiger partial charge in [0.15, 0.2) is 0 Å². The molecule has 2 aromatic carbocycles. The van der Waals surface area contributed by atoms with Gasteiger partial charge < -0.3 is 36.1 Å². The summed E-state index contributed by atoms with van der Waals surface area (Å²) in [6, 6.07) is 17.5. The predicted molar refractivity (Wildman–Crippen MR) is 48.5 cm³/mol. The van der Waals surface area contributed by atoms with Gasteiger partial charge in [-0.25, -0.2) is 12.1 Å². The van der Waals surface area contributed by atoms with Gasteiger partial charge in [-0.1, -0.05) is 5.69 Å². The molecule has 2 rings (SSSR count). The first-order chi connectivity index (χ1) is 5.39. The maximum Gasteiger partial charge on any atom is 0 e. The smallest absolute Gasteiger partial charge is 0 e. The second kappa shape index (κ2) is 6.71. The molecule has 0 saturated heterocycles. The van der Waals surface area contributed by atoms with Crippen LogP contribution in [-0.4, -0.2) is 0 Å². The van der Waals surface area contributed by atoms with Crippen molar-refractivity contribution >= 4 is 5.69 Å². The van der Waals surface area contributed by atoms with E-state index in [1.807, 2.05) is 54.6 Å². The molecule has 12 heavy (non-hydrogen) atoms. The van der Waals surface area contributed by atoms with Gasteiger partial charge >= 0.3 is 0 Å². The predicted octanol–water partition coefficient (Wildman–Crippen LogP) is 2.39. The van der Waals surface area contributed by atoms with Gasteiger partial charge in [-0.2, -0.15) is 12.1 Å².